The first-order chi connectivity index (χ1) is 24.8. The molecule has 1 aromatic heterocycles. The molecular formula is C36H41F3N6O7. The number of alkyl carbamates (subject to hydrolysis) is 1. The molecule has 16 heteroatoms. The van der Waals surface area contributed by atoms with E-state index in [1.54, 1.807) is 30.5 Å². The lowest BCUT2D eigenvalue weighted by molar-refractivity contribution is -0.141. The van der Waals surface area contributed by atoms with Gasteiger partial charge in [0.2, 0.25) is 5.91 Å². The van der Waals surface area contributed by atoms with Crippen molar-refractivity contribution in [2.75, 3.05) is 45.9 Å². The van der Waals surface area contributed by atoms with Crippen LogP contribution in [-0.4, -0.2) is 105 Å². The highest BCUT2D eigenvalue weighted by Crippen LogP contribution is 2.43. The standard InChI is InChI=1S/C36H41F3N6O7/c1-36(2,10-13-52-35(51)41-11-12-44-30(48)8-9-31(44)49)33(45(32(50)21-46)19-23-16-40-17-28(23)39)34-42-29(26-15-24(37)6-7-27(26)38)20-43(34)18-22-4-3-5-25(47)14-22/h3-9,14-15,20,23,28,33,40,46-47H,10-13,16-19,21H2,1-2H3,(H,41,51). The van der Waals surface area contributed by atoms with Crippen LogP contribution in [0.2, 0.25) is 0 Å². The van der Waals surface area contributed by atoms with Crippen LogP contribution in [0.4, 0.5) is 18.0 Å². The molecule has 4 N–H and O–H groups in total. The monoisotopic (exact) mass is 726 g/mol. The lowest BCUT2D eigenvalue weighted by atomic mass is 9.79. The predicted octanol–water partition coefficient (Wildman–Crippen LogP) is 3.07. The highest BCUT2D eigenvalue weighted by Gasteiger charge is 2.43. The minimum absolute atomic E-state index is 0.0158. The second-order valence-electron chi connectivity index (χ2n) is 13.4. The number of aromatic hydroxyl groups is 1. The molecule has 4 amide bonds. The summed E-state index contributed by atoms with van der Waals surface area (Å²) in [6.07, 6.45) is 1.73. The molecule has 2 aliphatic rings. The Kier molecular flexibility index (Phi) is 12.0. The van der Waals surface area contributed by atoms with Crippen molar-refractivity contribution in [2.24, 2.45) is 11.3 Å². The van der Waals surface area contributed by atoms with Gasteiger partial charge in [-0.05, 0) is 47.7 Å². The third kappa shape index (κ3) is 8.98. The molecule has 3 atom stereocenters. The molecular weight excluding hydrogens is 685 g/mol. The molecule has 0 saturated carbocycles. The number of ether oxygens (including phenoxy) is 1. The lowest BCUT2D eigenvalue weighted by Gasteiger charge is -2.43. The third-order valence-corrected chi connectivity index (χ3v) is 9.20. The van der Waals surface area contributed by atoms with Crippen molar-refractivity contribution in [3.63, 3.8) is 0 Å². The molecule has 0 spiro atoms. The summed E-state index contributed by atoms with van der Waals surface area (Å²) in [5, 5.41) is 25.8. The van der Waals surface area contributed by atoms with Gasteiger partial charge in [0.15, 0.2) is 0 Å². The molecule has 278 valence electrons. The van der Waals surface area contributed by atoms with Gasteiger partial charge in [-0.25, -0.2) is 22.9 Å². The number of phenolic OH excluding ortho intramolecular Hbond substituents is 1. The van der Waals surface area contributed by atoms with Gasteiger partial charge >= 0.3 is 6.09 Å². The maximum atomic E-state index is 15.1. The number of halogens is 3. The Labute approximate surface area is 298 Å². The zero-order valence-corrected chi connectivity index (χ0v) is 28.7. The fourth-order valence-corrected chi connectivity index (χ4v) is 6.45. The first-order valence-corrected chi connectivity index (χ1v) is 16.8. The SMILES string of the molecule is CC(C)(CCOC(=O)NCCN1C(=O)C=CC1=O)C(c1nc(-c2cc(F)ccc2F)cn1Cc1cccc(O)c1)N(CC1CNCC1F)C(=O)CO. The molecule has 0 bridgehead atoms. The van der Waals surface area contributed by atoms with E-state index in [1.807, 2.05) is 0 Å². The van der Waals surface area contributed by atoms with Gasteiger partial charge < -0.3 is 35.1 Å². The Morgan fingerprint density at radius 2 is 1.88 bits per heavy atom. The minimum Gasteiger partial charge on any atom is -0.508 e. The maximum Gasteiger partial charge on any atom is 0.407 e. The van der Waals surface area contributed by atoms with Crippen molar-refractivity contribution in [1.29, 1.82) is 0 Å². The van der Waals surface area contributed by atoms with Crippen LogP contribution < -0.4 is 10.6 Å². The van der Waals surface area contributed by atoms with Crippen molar-refractivity contribution < 1.29 is 47.3 Å². The number of imidazole rings is 1. The Morgan fingerprint density at radius 1 is 1.13 bits per heavy atom. The molecule has 0 aliphatic carbocycles. The predicted molar refractivity (Wildman–Crippen MR) is 181 cm³/mol. The van der Waals surface area contributed by atoms with Crippen LogP contribution in [0.25, 0.3) is 11.3 Å². The molecule has 1 saturated heterocycles. The fraction of sp³-hybridized carbons (Fsp3) is 0.417. The minimum atomic E-state index is -1.30. The maximum absolute atomic E-state index is 15.1. The van der Waals surface area contributed by atoms with Crippen LogP contribution in [0, 0.1) is 23.0 Å². The summed E-state index contributed by atoms with van der Waals surface area (Å²) in [4.78, 5) is 56.8. The molecule has 13 nitrogen and oxygen atoms in total. The highest BCUT2D eigenvalue weighted by molar-refractivity contribution is 6.12. The number of aromatic nitrogens is 2. The summed E-state index contributed by atoms with van der Waals surface area (Å²) in [5.74, 6) is -3.65. The van der Waals surface area contributed by atoms with Crippen LogP contribution in [0.15, 0.2) is 60.8 Å². The van der Waals surface area contributed by atoms with Gasteiger partial charge in [0.05, 0.1) is 18.3 Å². The number of nitrogens with one attached hydrogen (secondary N) is 2. The van der Waals surface area contributed by atoms with E-state index in [9.17, 15) is 33.8 Å². The second-order valence-corrected chi connectivity index (χ2v) is 13.4. The molecule has 2 aliphatic heterocycles. The van der Waals surface area contributed by atoms with Crippen molar-refractivity contribution in [3.8, 4) is 17.0 Å². The van der Waals surface area contributed by atoms with E-state index in [0.717, 1.165) is 35.3 Å². The molecule has 5 rings (SSSR count). The molecule has 3 unspecified atom stereocenters. The number of hydrogen-bond acceptors (Lipinski definition) is 9. The summed E-state index contributed by atoms with van der Waals surface area (Å²) < 4.78 is 51.6. The Hall–Kier alpha value is -5.22. The van der Waals surface area contributed by atoms with Crippen LogP contribution in [0.1, 0.15) is 37.7 Å². The lowest BCUT2D eigenvalue weighted by Crippen LogP contribution is -2.48. The zero-order valence-electron chi connectivity index (χ0n) is 28.7. The van der Waals surface area contributed by atoms with Crippen LogP contribution in [0.5, 0.6) is 5.75 Å². The van der Waals surface area contributed by atoms with E-state index >= 15 is 8.78 Å². The second kappa shape index (κ2) is 16.4. The number of imide groups is 1. The summed E-state index contributed by atoms with van der Waals surface area (Å²) >= 11 is 0. The van der Waals surface area contributed by atoms with Crippen molar-refractivity contribution in [1.82, 2.24) is 30.0 Å². The van der Waals surface area contributed by atoms with E-state index < -0.39 is 65.6 Å². The average molecular weight is 727 g/mol. The van der Waals surface area contributed by atoms with Gasteiger partial charge in [-0.1, -0.05) is 26.0 Å². The number of amides is 4. The number of carbonyl (C=O) groups is 4. The van der Waals surface area contributed by atoms with Gasteiger partial charge in [-0.2, -0.15) is 0 Å². The van der Waals surface area contributed by atoms with Gasteiger partial charge in [0, 0.05) is 69.1 Å². The number of benzene rings is 2. The topological polar surface area (TPSA) is 166 Å². The molecule has 52 heavy (non-hydrogen) atoms. The fourth-order valence-electron chi connectivity index (χ4n) is 6.45. The number of alkyl halides is 1. The number of phenols is 1. The van der Waals surface area contributed by atoms with Crippen molar-refractivity contribution in [2.45, 2.75) is 39.0 Å². The molecule has 3 heterocycles. The number of carbonyl (C=O) groups excluding carboxylic acids is 4. The van der Waals surface area contributed by atoms with E-state index in [-0.39, 0.29) is 75.1 Å². The smallest absolute Gasteiger partial charge is 0.407 e. The molecule has 0 radical (unpaired) electrons. The normalized spacial score (nSPS) is 17.8. The quantitative estimate of drug-likeness (QED) is 0.172. The van der Waals surface area contributed by atoms with Crippen LogP contribution in [-0.2, 0) is 25.7 Å². The number of rotatable bonds is 15. The van der Waals surface area contributed by atoms with E-state index in [1.165, 1.54) is 23.2 Å². The summed E-state index contributed by atoms with van der Waals surface area (Å²) in [5.41, 5.74) is -0.540. The van der Waals surface area contributed by atoms with Gasteiger partial charge in [0.1, 0.15) is 36.0 Å². The third-order valence-electron chi connectivity index (χ3n) is 9.20. The van der Waals surface area contributed by atoms with E-state index in [4.69, 9.17) is 9.72 Å². The van der Waals surface area contributed by atoms with Gasteiger partial charge in [0.25, 0.3) is 11.8 Å². The number of nitrogens with zero attached hydrogens (tertiary/aromatic N) is 4. The van der Waals surface area contributed by atoms with Crippen LogP contribution >= 0.6 is 0 Å². The largest absolute Gasteiger partial charge is 0.508 e. The molecule has 2 aromatic carbocycles. The number of hydrogen-bond donors (Lipinski definition) is 4. The van der Waals surface area contributed by atoms with Gasteiger partial charge in [-0.3, -0.25) is 19.3 Å². The summed E-state index contributed by atoms with van der Waals surface area (Å²) in [7, 11) is 0. The van der Waals surface area contributed by atoms with Crippen LogP contribution in [0.3, 0.4) is 0 Å². The Morgan fingerprint density at radius 3 is 2.56 bits per heavy atom. The molecule has 1 fully saturated rings. The highest BCUT2D eigenvalue weighted by atomic mass is 19.1. The first-order valence-electron chi connectivity index (χ1n) is 16.8. The zero-order chi connectivity index (χ0) is 37.6. The van der Waals surface area contributed by atoms with E-state index in [0.29, 0.717) is 5.56 Å². The van der Waals surface area contributed by atoms with Crippen molar-refractivity contribution >= 4 is 23.8 Å². The van der Waals surface area contributed by atoms with Crippen molar-refractivity contribution in [3.05, 3.63) is 83.8 Å². The number of aliphatic hydroxyl groups is 1. The Bertz CT molecular complexity index is 1820. The van der Waals surface area contributed by atoms with Gasteiger partial charge in [-0.15, -0.1) is 0 Å². The summed E-state index contributed by atoms with van der Waals surface area (Å²) in [6.45, 7) is 2.58. The average Bonchev–Trinajstić information content (AvgIpc) is 3.79. The molecule has 3 aromatic rings. The summed E-state index contributed by atoms with van der Waals surface area (Å²) in [6, 6.07) is 8.25. The first kappa shape index (κ1) is 38.0. The van der Waals surface area contributed by atoms with E-state index in [2.05, 4.69) is 10.6 Å². The Balaban J connectivity index is 1.48. The number of aliphatic hydroxyl groups excluding tert-OH is 1.